The number of hydrogen-bond acceptors (Lipinski definition) is 6. The van der Waals surface area contributed by atoms with Gasteiger partial charge in [0.2, 0.25) is 6.79 Å². The Morgan fingerprint density at radius 2 is 1.82 bits per heavy atom. The van der Waals surface area contributed by atoms with E-state index in [0.29, 0.717) is 10.8 Å². The number of benzene rings is 2. The second-order valence-corrected chi connectivity index (χ2v) is 9.90. The van der Waals surface area contributed by atoms with Crippen LogP contribution in [0.4, 0.5) is 5.82 Å². The zero-order valence-corrected chi connectivity index (χ0v) is 20.2. The van der Waals surface area contributed by atoms with E-state index in [1.54, 1.807) is 7.11 Å². The summed E-state index contributed by atoms with van der Waals surface area (Å²) in [5, 5.41) is 4.38. The van der Waals surface area contributed by atoms with Crippen molar-refractivity contribution in [2.24, 2.45) is 0 Å². The highest BCUT2D eigenvalue weighted by molar-refractivity contribution is 6.31. The van der Waals surface area contributed by atoms with Crippen LogP contribution in [0.15, 0.2) is 36.4 Å². The minimum atomic E-state index is -0.0881. The van der Waals surface area contributed by atoms with Gasteiger partial charge < -0.3 is 24.1 Å². The molecular formula is C25H29ClN4O3. The molecule has 0 bridgehead atoms. The number of anilines is 1. The van der Waals surface area contributed by atoms with E-state index in [2.05, 4.69) is 47.7 Å². The summed E-state index contributed by atoms with van der Waals surface area (Å²) in [5.74, 6) is 4.39. The lowest BCUT2D eigenvalue weighted by atomic mass is 10.1. The summed E-state index contributed by atoms with van der Waals surface area (Å²) in [6.45, 7) is 9.95. The molecular weight excluding hydrogens is 440 g/mol. The van der Waals surface area contributed by atoms with Crippen molar-refractivity contribution < 1.29 is 14.2 Å². The van der Waals surface area contributed by atoms with E-state index in [9.17, 15) is 0 Å². The molecule has 7 nitrogen and oxygen atoms in total. The molecule has 0 spiro atoms. The molecule has 8 heteroatoms. The highest BCUT2D eigenvalue weighted by Gasteiger charge is 2.27. The molecule has 1 N–H and O–H groups in total. The van der Waals surface area contributed by atoms with Gasteiger partial charge in [-0.05, 0) is 56.7 Å². The predicted molar refractivity (Wildman–Crippen MR) is 129 cm³/mol. The monoisotopic (exact) mass is 468 g/mol. The smallest absolute Gasteiger partial charge is 0.231 e. The number of ether oxygens (including phenoxy) is 3. The summed E-state index contributed by atoms with van der Waals surface area (Å²) >= 11 is 6.53. The number of methoxy groups -OCH3 is 1. The number of aromatic nitrogens is 2. The lowest BCUT2D eigenvalue weighted by Crippen LogP contribution is -2.35. The molecule has 2 aromatic carbocycles. The van der Waals surface area contributed by atoms with E-state index in [1.165, 1.54) is 0 Å². The van der Waals surface area contributed by atoms with Crippen molar-refractivity contribution in [2.75, 3.05) is 25.8 Å². The zero-order chi connectivity index (χ0) is 23.2. The molecule has 0 aliphatic carbocycles. The molecule has 0 amide bonds. The summed E-state index contributed by atoms with van der Waals surface area (Å²) in [5.41, 5.74) is 2.97. The third-order valence-electron chi connectivity index (χ3n) is 5.84. The Bertz CT molecular complexity index is 1170. The number of imidazole rings is 1. The Morgan fingerprint density at radius 3 is 2.52 bits per heavy atom. The minimum absolute atomic E-state index is 0.0881. The molecule has 0 saturated carbocycles. The van der Waals surface area contributed by atoms with Crippen molar-refractivity contribution in [2.45, 2.75) is 45.9 Å². The first-order chi connectivity index (χ1) is 15.8. The maximum atomic E-state index is 6.53. The fourth-order valence-corrected chi connectivity index (χ4v) is 4.48. The fraction of sp³-hybridized carbons (Fsp3) is 0.400. The average Bonchev–Trinajstić information content (AvgIpc) is 3.37. The molecule has 0 fully saturated rings. The number of fused-ring (bicyclic) bond motifs is 2. The van der Waals surface area contributed by atoms with Crippen LogP contribution in [0.1, 0.15) is 32.2 Å². The number of nitrogens with one attached hydrogen (secondary N) is 1. The number of hydrogen-bond donors (Lipinski definition) is 1. The molecule has 3 heterocycles. The Hall–Kier alpha value is -2.90. The highest BCUT2D eigenvalue weighted by atomic mass is 35.5. The van der Waals surface area contributed by atoms with Crippen LogP contribution in [0.5, 0.6) is 17.2 Å². The first kappa shape index (κ1) is 21.9. The zero-order valence-electron chi connectivity index (χ0n) is 19.4. The number of halogens is 1. The largest absolute Gasteiger partial charge is 0.497 e. The third-order valence-corrected chi connectivity index (χ3v) is 6.20. The van der Waals surface area contributed by atoms with Gasteiger partial charge in [0.25, 0.3) is 0 Å². The van der Waals surface area contributed by atoms with E-state index in [0.717, 1.165) is 66.1 Å². The van der Waals surface area contributed by atoms with Crippen LogP contribution in [0, 0.1) is 0 Å². The average molecular weight is 469 g/mol. The lowest BCUT2D eigenvalue weighted by molar-refractivity contribution is 0.173. The second-order valence-electron chi connectivity index (χ2n) is 9.49. The molecule has 2 aliphatic heterocycles. The van der Waals surface area contributed by atoms with Crippen LogP contribution in [0.3, 0.4) is 0 Å². The predicted octanol–water partition coefficient (Wildman–Crippen LogP) is 5.17. The van der Waals surface area contributed by atoms with E-state index >= 15 is 0 Å². The van der Waals surface area contributed by atoms with Crippen molar-refractivity contribution in [1.82, 2.24) is 14.5 Å². The van der Waals surface area contributed by atoms with E-state index in [1.807, 2.05) is 24.3 Å². The van der Waals surface area contributed by atoms with Gasteiger partial charge in [0.05, 0.1) is 13.7 Å². The maximum Gasteiger partial charge on any atom is 0.231 e. The Kier molecular flexibility index (Phi) is 5.62. The molecule has 2 aliphatic rings. The first-order valence-electron chi connectivity index (χ1n) is 11.1. The van der Waals surface area contributed by atoms with E-state index in [4.69, 9.17) is 30.8 Å². The Morgan fingerprint density at radius 1 is 1.09 bits per heavy atom. The molecule has 0 unspecified atom stereocenters. The van der Waals surface area contributed by atoms with Crippen LogP contribution < -0.4 is 19.5 Å². The van der Waals surface area contributed by atoms with Gasteiger partial charge >= 0.3 is 0 Å². The van der Waals surface area contributed by atoms with Gasteiger partial charge in [-0.2, -0.15) is 0 Å². The van der Waals surface area contributed by atoms with Crippen LogP contribution in [-0.4, -0.2) is 40.4 Å². The van der Waals surface area contributed by atoms with E-state index < -0.39 is 0 Å². The third kappa shape index (κ3) is 4.48. The van der Waals surface area contributed by atoms with Gasteiger partial charge in [-0.3, -0.25) is 4.90 Å². The fourth-order valence-electron chi connectivity index (χ4n) is 4.27. The molecule has 174 valence electrons. The Balaban J connectivity index is 1.44. The molecule has 0 atom stereocenters. The standard InChI is InChI=1S/C25H29ClN4O3/c1-25(2,3)28-24-23(16-5-7-18(31-4)8-6-16)27-22-14-29(9-10-30(22)24)13-17-11-20-21(12-19(17)26)33-15-32-20/h5-8,11-12,28H,9-10,13-15H2,1-4H3. The molecule has 3 aromatic rings. The maximum absolute atomic E-state index is 6.53. The summed E-state index contributed by atoms with van der Waals surface area (Å²) < 4.78 is 18.6. The van der Waals surface area contributed by atoms with Crippen LogP contribution in [0.25, 0.3) is 11.3 Å². The normalized spacial score (nSPS) is 15.4. The van der Waals surface area contributed by atoms with Gasteiger partial charge in [0.15, 0.2) is 11.5 Å². The quantitative estimate of drug-likeness (QED) is 0.557. The molecule has 33 heavy (non-hydrogen) atoms. The van der Waals surface area contributed by atoms with Crippen LogP contribution in [-0.2, 0) is 19.6 Å². The number of nitrogens with zero attached hydrogens (tertiary/aromatic N) is 3. The molecule has 5 rings (SSSR count). The number of rotatable bonds is 5. The summed E-state index contributed by atoms with van der Waals surface area (Å²) in [4.78, 5) is 7.44. The second kappa shape index (κ2) is 8.47. The van der Waals surface area contributed by atoms with E-state index in [-0.39, 0.29) is 12.3 Å². The van der Waals surface area contributed by atoms with Gasteiger partial charge in [0, 0.05) is 41.8 Å². The van der Waals surface area contributed by atoms with Crippen LogP contribution >= 0.6 is 11.6 Å². The lowest BCUT2D eigenvalue weighted by Gasteiger charge is -2.30. The van der Waals surface area contributed by atoms with Gasteiger partial charge in [0.1, 0.15) is 23.1 Å². The van der Waals surface area contributed by atoms with Gasteiger partial charge in [-0.25, -0.2) is 4.98 Å². The van der Waals surface area contributed by atoms with Gasteiger partial charge in [-0.1, -0.05) is 11.6 Å². The molecule has 1 aromatic heterocycles. The topological polar surface area (TPSA) is 60.8 Å². The first-order valence-corrected chi connectivity index (χ1v) is 11.5. The van der Waals surface area contributed by atoms with Crippen molar-refractivity contribution in [3.63, 3.8) is 0 Å². The summed E-state index contributed by atoms with van der Waals surface area (Å²) in [7, 11) is 1.68. The van der Waals surface area contributed by atoms with Crippen molar-refractivity contribution in [3.8, 4) is 28.5 Å². The van der Waals surface area contributed by atoms with Crippen molar-refractivity contribution >= 4 is 17.4 Å². The summed E-state index contributed by atoms with van der Waals surface area (Å²) in [6.07, 6.45) is 0. The SMILES string of the molecule is COc1ccc(-c2nc3n(c2NC(C)(C)C)CCN(Cc2cc4c(cc2Cl)OCO4)C3)cc1. The highest BCUT2D eigenvalue weighted by Crippen LogP contribution is 2.38. The summed E-state index contributed by atoms with van der Waals surface area (Å²) in [6, 6.07) is 11.9. The Labute approximate surface area is 199 Å². The van der Waals surface area contributed by atoms with Crippen molar-refractivity contribution in [3.05, 3.63) is 52.8 Å². The van der Waals surface area contributed by atoms with Gasteiger partial charge in [-0.15, -0.1) is 0 Å². The molecule has 0 radical (unpaired) electrons. The van der Waals surface area contributed by atoms with Crippen molar-refractivity contribution in [1.29, 1.82) is 0 Å². The molecule has 0 saturated heterocycles. The minimum Gasteiger partial charge on any atom is -0.497 e. The van der Waals surface area contributed by atoms with Crippen LogP contribution in [0.2, 0.25) is 5.02 Å².